The SMILES string of the molecule is CC(C(=O)O)C1CN(C(=O)N(C)Cc2ccc(Br)cc2)C1. The van der Waals surface area contributed by atoms with E-state index in [4.69, 9.17) is 5.11 Å². The summed E-state index contributed by atoms with van der Waals surface area (Å²) in [5.74, 6) is -1.13. The van der Waals surface area contributed by atoms with Crippen LogP contribution >= 0.6 is 15.9 Å². The maximum Gasteiger partial charge on any atom is 0.320 e. The van der Waals surface area contributed by atoms with Gasteiger partial charge >= 0.3 is 12.0 Å². The third kappa shape index (κ3) is 3.75. The van der Waals surface area contributed by atoms with Crippen LogP contribution in [-0.4, -0.2) is 47.0 Å². The molecule has 1 heterocycles. The molecule has 21 heavy (non-hydrogen) atoms. The first-order valence-electron chi connectivity index (χ1n) is 6.85. The number of carboxylic acid groups (broad SMARTS) is 1. The van der Waals surface area contributed by atoms with Crippen LogP contribution in [0.25, 0.3) is 0 Å². The first-order chi connectivity index (χ1) is 9.88. The van der Waals surface area contributed by atoms with Crippen molar-refractivity contribution in [3.63, 3.8) is 0 Å². The van der Waals surface area contributed by atoms with E-state index in [0.717, 1.165) is 10.0 Å². The second kappa shape index (κ2) is 6.47. The van der Waals surface area contributed by atoms with Crippen LogP contribution in [-0.2, 0) is 11.3 Å². The maximum absolute atomic E-state index is 12.2. The molecule has 1 fully saturated rings. The van der Waals surface area contributed by atoms with Gasteiger partial charge in [0, 0.05) is 37.1 Å². The minimum absolute atomic E-state index is 0.0493. The van der Waals surface area contributed by atoms with E-state index in [-0.39, 0.29) is 11.9 Å². The van der Waals surface area contributed by atoms with Crippen LogP contribution in [0, 0.1) is 11.8 Å². The Kier molecular flexibility index (Phi) is 4.88. The number of urea groups is 1. The number of likely N-dealkylation sites (tertiary alicyclic amines) is 1. The molecule has 114 valence electrons. The van der Waals surface area contributed by atoms with Crippen molar-refractivity contribution in [1.29, 1.82) is 0 Å². The number of benzene rings is 1. The van der Waals surface area contributed by atoms with Crippen LogP contribution in [0.3, 0.4) is 0 Å². The first-order valence-corrected chi connectivity index (χ1v) is 7.65. The third-order valence-corrected chi connectivity index (χ3v) is 4.47. The molecule has 1 aliphatic rings. The summed E-state index contributed by atoms with van der Waals surface area (Å²) in [6.07, 6.45) is 0. The molecule has 0 radical (unpaired) electrons. The molecule has 0 bridgehead atoms. The Bertz CT molecular complexity index is 526. The van der Waals surface area contributed by atoms with Crippen molar-refractivity contribution in [2.24, 2.45) is 11.8 Å². The lowest BCUT2D eigenvalue weighted by molar-refractivity contribution is -0.144. The predicted molar refractivity (Wildman–Crippen MR) is 82.9 cm³/mol. The van der Waals surface area contributed by atoms with Gasteiger partial charge in [-0.15, -0.1) is 0 Å². The van der Waals surface area contributed by atoms with Gasteiger partial charge in [-0.2, -0.15) is 0 Å². The van der Waals surface area contributed by atoms with Gasteiger partial charge in [0.1, 0.15) is 0 Å². The average molecular weight is 355 g/mol. The number of hydrogen-bond acceptors (Lipinski definition) is 2. The fraction of sp³-hybridized carbons (Fsp3) is 0.467. The fourth-order valence-corrected chi connectivity index (χ4v) is 2.62. The number of carboxylic acids is 1. The Morgan fingerprint density at radius 1 is 1.38 bits per heavy atom. The number of aliphatic carboxylic acids is 1. The zero-order valence-electron chi connectivity index (χ0n) is 12.1. The first kappa shape index (κ1) is 15.8. The van der Waals surface area contributed by atoms with Gasteiger partial charge in [-0.25, -0.2) is 4.79 Å². The van der Waals surface area contributed by atoms with Crippen LogP contribution in [0.15, 0.2) is 28.7 Å². The molecule has 1 unspecified atom stereocenters. The van der Waals surface area contributed by atoms with Crippen LogP contribution in [0.2, 0.25) is 0 Å². The average Bonchev–Trinajstić information content (AvgIpc) is 2.39. The number of carbonyl (C=O) groups is 2. The highest BCUT2D eigenvalue weighted by atomic mass is 79.9. The normalized spacial score (nSPS) is 16.2. The van der Waals surface area contributed by atoms with Crippen LogP contribution in [0.1, 0.15) is 12.5 Å². The molecule has 1 saturated heterocycles. The summed E-state index contributed by atoms with van der Waals surface area (Å²) in [6.45, 7) is 3.29. The molecular weight excluding hydrogens is 336 g/mol. The zero-order valence-corrected chi connectivity index (χ0v) is 13.7. The van der Waals surface area contributed by atoms with Gasteiger partial charge in [0.25, 0.3) is 0 Å². The van der Waals surface area contributed by atoms with Crippen molar-refractivity contribution in [3.8, 4) is 0 Å². The summed E-state index contributed by atoms with van der Waals surface area (Å²) >= 11 is 3.38. The second-order valence-corrected chi connectivity index (χ2v) is 6.47. The molecule has 2 amide bonds. The largest absolute Gasteiger partial charge is 0.481 e. The van der Waals surface area contributed by atoms with Gasteiger partial charge in [-0.05, 0) is 17.7 Å². The molecule has 1 aromatic carbocycles. The lowest BCUT2D eigenvalue weighted by atomic mass is 9.87. The summed E-state index contributed by atoms with van der Waals surface area (Å²) in [4.78, 5) is 26.5. The number of rotatable bonds is 4. The Labute approximate surface area is 132 Å². The Morgan fingerprint density at radius 2 is 1.95 bits per heavy atom. The van der Waals surface area contributed by atoms with Crippen molar-refractivity contribution >= 4 is 27.9 Å². The van der Waals surface area contributed by atoms with E-state index in [0.29, 0.717) is 19.6 Å². The fourth-order valence-electron chi connectivity index (χ4n) is 2.36. The van der Waals surface area contributed by atoms with E-state index in [1.54, 1.807) is 23.8 Å². The number of amides is 2. The quantitative estimate of drug-likeness (QED) is 0.903. The topological polar surface area (TPSA) is 60.9 Å². The predicted octanol–water partition coefficient (Wildman–Crippen LogP) is 2.65. The molecule has 1 aromatic rings. The molecule has 0 aromatic heterocycles. The van der Waals surface area contributed by atoms with Gasteiger partial charge in [-0.1, -0.05) is 35.0 Å². The van der Waals surface area contributed by atoms with E-state index in [1.807, 2.05) is 24.3 Å². The van der Waals surface area contributed by atoms with Crippen molar-refractivity contribution < 1.29 is 14.7 Å². The van der Waals surface area contributed by atoms with Gasteiger partial charge in [0.05, 0.1) is 5.92 Å². The number of nitrogens with zero attached hydrogens (tertiary/aromatic N) is 2. The molecule has 1 atom stereocenters. The lowest BCUT2D eigenvalue weighted by Crippen LogP contribution is -2.56. The summed E-state index contributed by atoms with van der Waals surface area (Å²) in [6, 6.07) is 7.79. The Hall–Kier alpha value is -1.56. The molecule has 5 nitrogen and oxygen atoms in total. The standard InChI is InChI=1S/C15H19BrN2O3/c1-10(14(19)20)12-8-18(9-12)15(21)17(2)7-11-3-5-13(16)6-4-11/h3-6,10,12H,7-9H2,1-2H3,(H,19,20). The van der Waals surface area contributed by atoms with Crippen molar-refractivity contribution in [3.05, 3.63) is 34.3 Å². The molecule has 2 rings (SSSR count). The molecule has 0 spiro atoms. The summed E-state index contributed by atoms with van der Waals surface area (Å²) in [5.41, 5.74) is 1.06. The zero-order chi connectivity index (χ0) is 15.6. The molecule has 0 aliphatic carbocycles. The van der Waals surface area contributed by atoms with Crippen molar-refractivity contribution in [2.75, 3.05) is 20.1 Å². The van der Waals surface area contributed by atoms with Crippen molar-refractivity contribution in [1.82, 2.24) is 9.80 Å². The lowest BCUT2D eigenvalue weighted by Gasteiger charge is -2.42. The monoisotopic (exact) mass is 354 g/mol. The van der Waals surface area contributed by atoms with E-state index >= 15 is 0 Å². The minimum atomic E-state index is -0.796. The van der Waals surface area contributed by atoms with Crippen LogP contribution < -0.4 is 0 Å². The van der Waals surface area contributed by atoms with Crippen molar-refractivity contribution in [2.45, 2.75) is 13.5 Å². The highest BCUT2D eigenvalue weighted by Gasteiger charge is 2.38. The summed E-state index contributed by atoms with van der Waals surface area (Å²) < 4.78 is 1.01. The highest BCUT2D eigenvalue weighted by Crippen LogP contribution is 2.25. The van der Waals surface area contributed by atoms with E-state index in [2.05, 4.69) is 15.9 Å². The second-order valence-electron chi connectivity index (χ2n) is 5.56. The summed E-state index contributed by atoms with van der Waals surface area (Å²) in [5, 5.41) is 8.95. The molecule has 1 N–H and O–H groups in total. The minimum Gasteiger partial charge on any atom is -0.481 e. The molecule has 0 saturated carbocycles. The van der Waals surface area contributed by atoms with Gasteiger partial charge < -0.3 is 14.9 Å². The van der Waals surface area contributed by atoms with Crippen LogP contribution in [0.4, 0.5) is 4.79 Å². The van der Waals surface area contributed by atoms with Gasteiger partial charge in [0.15, 0.2) is 0 Å². The molecule has 1 aliphatic heterocycles. The van der Waals surface area contributed by atoms with Gasteiger partial charge in [0.2, 0.25) is 0 Å². The number of carbonyl (C=O) groups excluding carboxylic acids is 1. The third-order valence-electron chi connectivity index (χ3n) is 3.94. The van der Waals surface area contributed by atoms with Crippen LogP contribution in [0.5, 0.6) is 0 Å². The maximum atomic E-state index is 12.2. The number of halogens is 1. The van der Waals surface area contributed by atoms with E-state index in [1.165, 1.54) is 0 Å². The number of hydrogen-bond donors (Lipinski definition) is 1. The Morgan fingerprint density at radius 3 is 2.48 bits per heavy atom. The van der Waals surface area contributed by atoms with E-state index < -0.39 is 11.9 Å². The highest BCUT2D eigenvalue weighted by molar-refractivity contribution is 9.10. The Balaban J connectivity index is 1.84. The molecular formula is C15H19BrN2O3. The molecule has 6 heteroatoms. The summed E-state index contributed by atoms with van der Waals surface area (Å²) in [7, 11) is 1.76. The smallest absolute Gasteiger partial charge is 0.320 e. The van der Waals surface area contributed by atoms with E-state index in [9.17, 15) is 9.59 Å². The van der Waals surface area contributed by atoms with Gasteiger partial charge in [-0.3, -0.25) is 4.79 Å².